The molecule has 0 bridgehead atoms. The summed E-state index contributed by atoms with van der Waals surface area (Å²) < 4.78 is 15.1. The fraction of sp³-hybridized carbons (Fsp3) is 0.917. The molecule has 0 aromatic heterocycles. The third kappa shape index (κ3) is 4.70. The van der Waals surface area contributed by atoms with Gasteiger partial charge in [0.25, 0.3) is 0 Å². The van der Waals surface area contributed by atoms with Crippen molar-refractivity contribution in [3.05, 3.63) is 0 Å². The standard InChI is InChI=1S/C12H22O7/c1-12(2,3)11(16)18-6-17-7-4-9(14)19-8(5-13)10(7)15/h7-10,13-15H,4-6H2,1-3H3/t7-,8-,9-,10-/m1/s1. The van der Waals surface area contributed by atoms with Crippen LogP contribution in [0, 0.1) is 5.41 Å². The summed E-state index contributed by atoms with van der Waals surface area (Å²) in [4.78, 5) is 11.5. The van der Waals surface area contributed by atoms with Gasteiger partial charge in [-0.15, -0.1) is 0 Å². The molecule has 4 atom stereocenters. The Morgan fingerprint density at radius 1 is 1.37 bits per heavy atom. The Morgan fingerprint density at radius 2 is 2.00 bits per heavy atom. The molecule has 7 heteroatoms. The van der Waals surface area contributed by atoms with Crippen LogP contribution in [0.5, 0.6) is 0 Å². The summed E-state index contributed by atoms with van der Waals surface area (Å²) in [5.74, 6) is -0.423. The third-order valence-corrected chi connectivity index (χ3v) is 2.79. The quantitative estimate of drug-likeness (QED) is 0.465. The van der Waals surface area contributed by atoms with E-state index in [-0.39, 0.29) is 13.2 Å². The number of carbonyl (C=O) groups excluding carboxylic acids is 1. The van der Waals surface area contributed by atoms with Gasteiger partial charge in [0, 0.05) is 6.42 Å². The number of hydrogen-bond acceptors (Lipinski definition) is 7. The van der Waals surface area contributed by atoms with Crippen molar-refractivity contribution in [1.29, 1.82) is 0 Å². The molecule has 3 N–H and O–H groups in total. The first kappa shape index (κ1) is 16.3. The molecule has 19 heavy (non-hydrogen) atoms. The fourth-order valence-electron chi connectivity index (χ4n) is 1.62. The molecule has 1 aliphatic rings. The molecular formula is C12H22O7. The third-order valence-electron chi connectivity index (χ3n) is 2.79. The molecule has 0 aromatic rings. The molecule has 112 valence electrons. The number of esters is 1. The average molecular weight is 278 g/mol. The average Bonchev–Trinajstić information content (AvgIpc) is 2.31. The maximum absolute atomic E-state index is 11.5. The number of ether oxygens (including phenoxy) is 3. The maximum Gasteiger partial charge on any atom is 0.313 e. The van der Waals surface area contributed by atoms with Gasteiger partial charge in [0.2, 0.25) is 0 Å². The van der Waals surface area contributed by atoms with Crippen LogP contribution in [0.2, 0.25) is 0 Å². The van der Waals surface area contributed by atoms with Crippen molar-refractivity contribution in [3.63, 3.8) is 0 Å². The second-order valence-corrected chi connectivity index (χ2v) is 5.54. The zero-order chi connectivity index (χ0) is 14.6. The van der Waals surface area contributed by atoms with Gasteiger partial charge < -0.3 is 29.5 Å². The van der Waals surface area contributed by atoms with Crippen LogP contribution in [0.15, 0.2) is 0 Å². The lowest BCUT2D eigenvalue weighted by Gasteiger charge is -2.36. The second-order valence-electron chi connectivity index (χ2n) is 5.54. The summed E-state index contributed by atoms with van der Waals surface area (Å²) >= 11 is 0. The van der Waals surface area contributed by atoms with Crippen LogP contribution in [0.1, 0.15) is 27.2 Å². The lowest BCUT2D eigenvalue weighted by Crippen LogP contribution is -2.51. The van der Waals surface area contributed by atoms with Crippen LogP contribution in [-0.2, 0) is 19.0 Å². The Morgan fingerprint density at radius 3 is 2.53 bits per heavy atom. The number of hydrogen-bond donors (Lipinski definition) is 3. The molecule has 1 saturated heterocycles. The van der Waals surface area contributed by atoms with Crippen LogP contribution in [0.3, 0.4) is 0 Å². The molecule has 1 heterocycles. The predicted octanol–water partition coefficient (Wildman–Crippen LogP) is -0.621. The fourth-order valence-corrected chi connectivity index (χ4v) is 1.62. The predicted molar refractivity (Wildman–Crippen MR) is 63.9 cm³/mol. The topological polar surface area (TPSA) is 105 Å². The van der Waals surface area contributed by atoms with Gasteiger partial charge in [0.15, 0.2) is 13.1 Å². The van der Waals surface area contributed by atoms with E-state index in [4.69, 9.17) is 19.3 Å². The maximum atomic E-state index is 11.5. The first-order chi connectivity index (χ1) is 8.75. The van der Waals surface area contributed by atoms with E-state index in [2.05, 4.69) is 0 Å². The Hall–Kier alpha value is -0.730. The van der Waals surface area contributed by atoms with Gasteiger partial charge in [0.05, 0.1) is 18.1 Å². The van der Waals surface area contributed by atoms with Gasteiger partial charge >= 0.3 is 5.97 Å². The minimum Gasteiger partial charge on any atom is -0.438 e. The molecule has 0 aliphatic carbocycles. The summed E-state index contributed by atoms with van der Waals surface area (Å²) in [7, 11) is 0. The van der Waals surface area contributed by atoms with Crippen molar-refractivity contribution in [3.8, 4) is 0 Å². The van der Waals surface area contributed by atoms with E-state index in [1.807, 2.05) is 0 Å². The van der Waals surface area contributed by atoms with E-state index < -0.39 is 42.6 Å². The molecule has 1 aliphatic heterocycles. The van der Waals surface area contributed by atoms with Crippen molar-refractivity contribution in [1.82, 2.24) is 0 Å². The van der Waals surface area contributed by atoms with Crippen molar-refractivity contribution in [2.45, 2.75) is 51.8 Å². The van der Waals surface area contributed by atoms with Crippen LogP contribution < -0.4 is 0 Å². The van der Waals surface area contributed by atoms with Gasteiger partial charge in [0.1, 0.15) is 12.2 Å². The highest BCUT2D eigenvalue weighted by Crippen LogP contribution is 2.22. The van der Waals surface area contributed by atoms with E-state index >= 15 is 0 Å². The normalized spacial score (nSPS) is 32.1. The number of carbonyl (C=O) groups is 1. The van der Waals surface area contributed by atoms with Gasteiger partial charge in [-0.1, -0.05) is 0 Å². The molecule has 0 radical (unpaired) electrons. The molecule has 1 fully saturated rings. The highest BCUT2D eigenvalue weighted by molar-refractivity contribution is 5.75. The number of aliphatic hydroxyl groups is 3. The van der Waals surface area contributed by atoms with Gasteiger partial charge in [-0.2, -0.15) is 0 Å². The molecule has 0 saturated carbocycles. The van der Waals surface area contributed by atoms with Crippen LogP contribution >= 0.6 is 0 Å². The monoisotopic (exact) mass is 278 g/mol. The molecule has 0 unspecified atom stereocenters. The van der Waals surface area contributed by atoms with E-state index in [1.54, 1.807) is 20.8 Å². The molecule has 7 nitrogen and oxygen atoms in total. The van der Waals surface area contributed by atoms with E-state index in [1.165, 1.54) is 0 Å². The molecule has 0 aromatic carbocycles. The van der Waals surface area contributed by atoms with Crippen molar-refractivity contribution >= 4 is 5.97 Å². The molecule has 0 spiro atoms. The van der Waals surface area contributed by atoms with Crippen molar-refractivity contribution in [2.24, 2.45) is 5.41 Å². The highest BCUT2D eigenvalue weighted by atomic mass is 16.7. The van der Waals surface area contributed by atoms with Crippen molar-refractivity contribution < 1.29 is 34.3 Å². The SMILES string of the molecule is CC(C)(C)C(=O)OCO[C@@H]1C[C@H](O)O[C@H](CO)[C@@H]1O. The summed E-state index contributed by atoms with van der Waals surface area (Å²) in [6.07, 6.45) is -3.82. The first-order valence-electron chi connectivity index (χ1n) is 6.17. The highest BCUT2D eigenvalue weighted by Gasteiger charge is 2.37. The zero-order valence-corrected chi connectivity index (χ0v) is 11.4. The molecular weight excluding hydrogens is 256 g/mol. The lowest BCUT2D eigenvalue weighted by molar-refractivity contribution is -0.258. The summed E-state index contributed by atoms with van der Waals surface area (Å²) in [5.41, 5.74) is -0.634. The minimum atomic E-state index is -1.12. The Labute approximate surface area is 112 Å². The van der Waals surface area contributed by atoms with Crippen LogP contribution in [0.25, 0.3) is 0 Å². The molecule has 0 amide bonds. The van der Waals surface area contributed by atoms with E-state index in [0.717, 1.165) is 0 Å². The Kier molecular flexibility index (Phi) is 5.69. The van der Waals surface area contributed by atoms with Crippen LogP contribution in [-0.4, -0.2) is 59.3 Å². The van der Waals surface area contributed by atoms with E-state index in [0.29, 0.717) is 0 Å². The molecule has 1 rings (SSSR count). The van der Waals surface area contributed by atoms with Gasteiger partial charge in [-0.3, -0.25) is 4.79 Å². The summed E-state index contributed by atoms with van der Waals surface area (Å²) in [6.45, 7) is 4.39. The summed E-state index contributed by atoms with van der Waals surface area (Å²) in [6, 6.07) is 0. The Bertz CT molecular complexity index is 299. The smallest absolute Gasteiger partial charge is 0.313 e. The van der Waals surface area contributed by atoms with Crippen molar-refractivity contribution in [2.75, 3.05) is 13.4 Å². The van der Waals surface area contributed by atoms with Gasteiger partial charge in [-0.05, 0) is 20.8 Å². The zero-order valence-electron chi connectivity index (χ0n) is 11.4. The van der Waals surface area contributed by atoms with Crippen LogP contribution in [0.4, 0.5) is 0 Å². The summed E-state index contributed by atoms with van der Waals surface area (Å²) in [5, 5.41) is 28.2. The lowest BCUT2D eigenvalue weighted by atomic mass is 9.98. The number of rotatable bonds is 4. The first-order valence-corrected chi connectivity index (χ1v) is 6.17. The van der Waals surface area contributed by atoms with Gasteiger partial charge in [-0.25, -0.2) is 0 Å². The number of aliphatic hydroxyl groups excluding tert-OH is 3. The largest absolute Gasteiger partial charge is 0.438 e. The Balaban J connectivity index is 2.41. The minimum absolute atomic E-state index is 0.0464. The second kappa shape index (κ2) is 6.62. The van der Waals surface area contributed by atoms with E-state index in [9.17, 15) is 15.0 Å².